The van der Waals surface area contributed by atoms with Crippen LogP contribution in [0.3, 0.4) is 0 Å². The van der Waals surface area contributed by atoms with Crippen molar-refractivity contribution in [1.82, 2.24) is 20.3 Å². The molecule has 0 fully saturated rings. The zero-order valence-electron chi connectivity index (χ0n) is 42.9. The molecule has 0 unspecified atom stereocenters. The van der Waals surface area contributed by atoms with Gasteiger partial charge in [-0.05, 0) is 112 Å². The van der Waals surface area contributed by atoms with Gasteiger partial charge in [0.2, 0.25) is 0 Å². The third kappa shape index (κ3) is 7.03. The first kappa shape index (κ1) is 44.9. The van der Waals surface area contributed by atoms with Gasteiger partial charge in [-0.3, -0.25) is 0 Å². The zero-order chi connectivity index (χ0) is 52.0. The van der Waals surface area contributed by atoms with E-state index in [2.05, 4.69) is 272 Å². The Morgan fingerprint density at radius 3 is 1.25 bits per heavy atom. The largest absolute Gasteiger partial charge is 0.339 e. The van der Waals surface area contributed by atoms with Gasteiger partial charge in [0, 0.05) is 33.5 Å². The van der Waals surface area contributed by atoms with Crippen molar-refractivity contribution >= 4 is 60.3 Å². The summed E-state index contributed by atoms with van der Waals surface area (Å²) < 4.78 is 0. The molecular formula is C74H47N5. The maximum absolute atomic E-state index is 5.62. The van der Waals surface area contributed by atoms with Gasteiger partial charge in [0.1, 0.15) is 5.84 Å². The molecule has 3 aliphatic rings. The molecule has 0 radical (unpaired) electrons. The van der Waals surface area contributed by atoms with Gasteiger partial charge < -0.3 is 5.32 Å². The summed E-state index contributed by atoms with van der Waals surface area (Å²) in [6.45, 7) is 0. The molecule has 5 nitrogen and oxygen atoms in total. The van der Waals surface area contributed by atoms with Crippen molar-refractivity contribution in [3.8, 4) is 56.4 Å². The molecule has 2 heterocycles. The number of amidine groups is 1. The maximum atomic E-state index is 5.62. The van der Waals surface area contributed by atoms with Crippen LogP contribution in [0.2, 0.25) is 0 Å². The highest BCUT2D eigenvalue weighted by Gasteiger charge is 2.52. The molecule has 5 heteroatoms. The highest BCUT2D eigenvalue weighted by Crippen LogP contribution is 2.63. The molecule has 1 aromatic heterocycles. The predicted octanol–water partition coefficient (Wildman–Crippen LogP) is 17.7. The molecule has 0 bridgehead atoms. The van der Waals surface area contributed by atoms with Crippen LogP contribution in [0, 0.1) is 0 Å². The Balaban J connectivity index is 0.894. The standard InChI is InChI=1S/C74H47N5/c1-5-26-52-46(18-1)22-13-32-60(52)69-39-17-38-68(75-71(76-69)61-33-14-23-47-19-2-6-27-53(47)61)50-40-42-58-59-43-41-51(45-67(59)74(66(58)44-50)64-36-11-9-30-56(64)57-31-10-12-37-65(57)74)70-77-72(62-34-15-24-48-20-3-7-28-54(48)62)79-73(78-70)63-35-16-25-49-21-4-8-29-55(49)63/h1-16,18-45H,17H2,(H,75,76)/b68-38+,69-39?. The van der Waals surface area contributed by atoms with E-state index in [1.807, 2.05) is 0 Å². The lowest BCUT2D eigenvalue weighted by Crippen LogP contribution is -2.27. The van der Waals surface area contributed by atoms with E-state index in [4.69, 9.17) is 19.9 Å². The molecule has 79 heavy (non-hydrogen) atoms. The number of benzene rings is 12. The van der Waals surface area contributed by atoms with Crippen molar-refractivity contribution in [2.45, 2.75) is 11.8 Å². The van der Waals surface area contributed by atoms with Crippen molar-refractivity contribution in [3.63, 3.8) is 0 Å². The monoisotopic (exact) mass is 1010 g/mol. The molecule has 0 saturated heterocycles. The van der Waals surface area contributed by atoms with Crippen LogP contribution in [0.25, 0.3) is 111 Å². The second-order valence-electron chi connectivity index (χ2n) is 20.8. The second-order valence-corrected chi connectivity index (χ2v) is 20.8. The van der Waals surface area contributed by atoms with Crippen molar-refractivity contribution in [1.29, 1.82) is 0 Å². The number of hydrogen-bond donors (Lipinski definition) is 1. The lowest BCUT2D eigenvalue weighted by molar-refractivity contribution is 0.793. The number of aliphatic imine (C=N–C) groups is 1. The summed E-state index contributed by atoms with van der Waals surface area (Å²) in [6, 6.07) is 91.8. The van der Waals surface area contributed by atoms with Gasteiger partial charge in [-0.15, -0.1) is 0 Å². The quantitative estimate of drug-likeness (QED) is 0.180. The summed E-state index contributed by atoms with van der Waals surface area (Å²) >= 11 is 0. The summed E-state index contributed by atoms with van der Waals surface area (Å²) in [5, 5.41) is 13.1. The average molecular weight is 1010 g/mol. The lowest BCUT2D eigenvalue weighted by atomic mass is 9.70. The minimum absolute atomic E-state index is 0.620. The van der Waals surface area contributed by atoms with Gasteiger partial charge >= 0.3 is 0 Å². The minimum atomic E-state index is -0.663. The van der Waals surface area contributed by atoms with E-state index in [0.29, 0.717) is 23.9 Å². The van der Waals surface area contributed by atoms with Crippen molar-refractivity contribution in [2.24, 2.45) is 4.99 Å². The van der Waals surface area contributed by atoms with Crippen molar-refractivity contribution in [3.05, 3.63) is 306 Å². The first-order chi connectivity index (χ1) is 39.2. The number of aromatic nitrogens is 3. The van der Waals surface area contributed by atoms with Crippen LogP contribution < -0.4 is 5.32 Å². The summed E-state index contributed by atoms with van der Waals surface area (Å²) in [7, 11) is 0. The first-order valence-electron chi connectivity index (χ1n) is 27.1. The fourth-order valence-electron chi connectivity index (χ4n) is 13.1. The Kier molecular flexibility index (Phi) is 10.2. The maximum Gasteiger partial charge on any atom is 0.164 e. The van der Waals surface area contributed by atoms with Gasteiger partial charge in [-0.1, -0.05) is 255 Å². The number of hydrogen-bond acceptors (Lipinski definition) is 5. The van der Waals surface area contributed by atoms with E-state index in [1.54, 1.807) is 0 Å². The Labute approximate surface area is 457 Å². The summed E-state index contributed by atoms with van der Waals surface area (Å²) in [5.41, 5.74) is 17.2. The Morgan fingerprint density at radius 1 is 0.304 bits per heavy atom. The third-order valence-corrected chi connectivity index (χ3v) is 16.6. The van der Waals surface area contributed by atoms with E-state index in [9.17, 15) is 0 Å². The van der Waals surface area contributed by atoms with E-state index < -0.39 is 5.41 Å². The van der Waals surface area contributed by atoms with E-state index >= 15 is 0 Å². The molecule has 0 amide bonds. The molecule has 1 N–H and O–H groups in total. The van der Waals surface area contributed by atoms with Gasteiger partial charge in [-0.25, -0.2) is 19.9 Å². The van der Waals surface area contributed by atoms with Gasteiger partial charge in [0.15, 0.2) is 17.5 Å². The van der Waals surface area contributed by atoms with E-state index in [0.717, 1.165) is 82.9 Å². The van der Waals surface area contributed by atoms with Crippen LogP contribution in [0.1, 0.15) is 45.4 Å². The van der Waals surface area contributed by atoms with Gasteiger partial charge in [0.05, 0.1) is 11.1 Å². The molecule has 12 aromatic carbocycles. The molecule has 2 aliphatic carbocycles. The SMILES string of the molecule is C1=C(c2cccc3ccccc23)N=C(c2cccc3ccccc23)N/C(c2ccc3c(c2)C2(c4ccccc4-c4ccccc42)c2cc(-c4nc(-c5cccc6ccccc56)nc(-c5cccc6ccccc56)n4)ccc2-3)=C/C1. The summed E-state index contributed by atoms with van der Waals surface area (Å²) in [6.07, 6.45) is 5.29. The number of nitrogens with one attached hydrogen (secondary N) is 1. The summed E-state index contributed by atoms with van der Waals surface area (Å²) in [5.74, 6) is 2.68. The number of rotatable bonds is 6. The highest BCUT2D eigenvalue weighted by molar-refractivity contribution is 6.15. The molecule has 1 spiro atoms. The molecule has 0 atom stereocenters. The fraction of sp³-hybridized carbons (Fsp3) is 0.0270. The zero-order valence-corrected chi connectivity index (χ0v) is 42.9. The minimum Gasteiger partial charge on any atom is -0.339 e. The highest BCUT2D eigenvalue weighted by atomic mass is 15.0. The van der Waals surface area contributed by atoms with Gasteiger partial charge in [0.25, 0.3) is 0 Å². The normalized spacial score (nSPS) is 14.6. The molecule has 16 rings (SSSR count). The Hall–Kier alpha value is -10.4. The molecule has 13 aromatic rings. The van der Waals surface area contributed by atoms with E-state index in [1.165, 1.54) is 55.3 Å². The van der Waals surface area contributed by atoms with Crippen LogP contribution in [-0.2, 0) is 5.41 Å². The summed E-state index contributed by atoms with van der Waals surface area (Å²) in [4.78, 5) is 21.8. The van der Waals surface area contributed by atoms with E-state index in [-0.39, 0.29) is 0 Å². The lowest BCUT2D eigenvalue weighted by Gasteiger charge is -2.31. The van der Waals surface area contributed by atoms with Crippen molar-refractivity contribution in [2.75, 3.05) is 0 Å². The Bertz CT molecular complexity index is 4650. The molecule has 368 valence electrons. The van der Waals surface area contributed by atoms with Crippen LogP contribution in [0.15, 0.2) is 272 Å². The second kappa shape index (κ2) is 17.9. The average Bonchev–Trinajstić information content (AvgIpc) is 3.57. The van der Waals surface area contributed by atoms with Crippen molar-refractivity contribution < 1.29 is 0 Å². The molecular weight excluding hydrogens is 959 g/mol. The Morgan fingerprint density at radius 2 is 0.696 bits per heavy atom. The molecule has 0 saturated carbocycles. The fourth-order valence-corrected chi connectivity index (χ4v) is 13.1. The number of fused-ring (bicyclic) bond motifs is 14. The van der Waals surface area contributed by atoms with Gasteiger partial charge in [-0.2, -0.15) is 0 Å². The molecule has 1 aliphatic heterocycles. The van der Waals surface area contributed by atoms with Crippen LogP contribution in [-0.4, -0.2) is 20.8 Å². The van der Waals surface area contributed by atoms with Crippen LogP contribution >= 0.6 is 0 Å². The van der Waals surface area contributed by atoms with Crippen LogP contribution in [0.5, 0.6) is 0 Å². The topological polar surface area (TPSA) is 63.1 Å². The number of nitrogens with zero attached hydrogens (tertiary/aromatic N) is 4. The third-order valence-electron chi connectivity index (χ3n) is 16.6. The predicted molar refractivity (Wildman–Crippen MR) is 326 cm³/mol. The van der Waals surface area contributed by atoms with Crippen LogP contribution in [0.4, 0.5) is 0 Å². The number of allylic oxidation sites excluding steroid dienone is 2. The smallest absolute Gasteiger partial charge is 0.164 e. The first-order valence-corrected chi connectivity index (χ1v) is 27.1.